The molecule has 2 aromatic rings. The summed E-state index contributed by atoms with van der Waals surface area (Å²) in [6, 6.07) is 12.5. The molecule has 3 N–H and O–H groups in total. The van der Waals surface area contributed by atoms with Crippen LogP contribution in [0.5, 0.6) is 5.75 Å². The minimum absolute atomic E-state index is 0.123. The minimum atomic E-state index is -0.148. The predicted molar refractivity (Wildman–Crippen MR) is 147 cm³/mol. The summed E-state index contributed by atoms with van der Waals surface area (Å²) in [7, 11) is 0. The number of amides is 2. The Bertz CT molecular complexity index is 974. The van der Waals surface area contributed by atoms with Gasteiger partial charge in [-0.1, -0.05) is 78.8 Å². The molecule has 2 aromatic carbocycles. The molecule has 1 aliphatic heterocycles. The third-order valence-corrected chi connectivity index (χ3v) is 7.10. The molecule has 192 valence electrons. The number of rotatable bonds is 6. The summed E-state index contributed by atoms with van der Waals surface area (Å²) in [4.78, 5) is 15.2. The number of hydrogen-bond donors (Lipinski definition) is 3. The monoisotopic (exact) mass is 479 g/mol. The summed E-state index contributed by atoms with van der Waals surface area (Å²) in [6.45, 7) is 18.2. The summed E-state index contributed by atoms with van der Waals surface area (Å²) in [5, 5.41) is 17.3. The van der Waals surface area contributed by atoms with Gasteiger partial charge in [0.15, 0.2) is 0 Å². The summed E-state index contributed by atoms with van der Waals surface area (Å²) in [6.07, 6.45) is 3.64. The van der Waals surface area contributed by atoms with Crippen molar-refractivity contribution < 1.29 is 9.90 Å². The highest BCUT2D eigenvalue weighted by atomic mass is 16.3. The molecule has 0 unspecified atom stereocenters. The lowest BCUT2D eigenvalue weighted by atomic mass is 9.78. The lowest BCUT2D eigenvalue weighted by Gasteiger charge is -2.31. The number of aryl methyl sites for hydroxylation is 2. The lowest BCUT2D eigenvalue weighted by molar-refractivity contribution is 0.203. The highest BCUT2D eigenvalue weighted by Gasteiger charge is 2.26. The van der Waals surface area contributed by atoms with Gasteiger partial charge in [0, 0.05) is 24.8 Å². The second-order valence-electron chi connectivity index (χ2n) is 12.0. The van der Waals surface area contributed by atoms with Crippen molar-refractivity contribution in [3.8, 4) is 5.75 Å². The maximum absolute atomic E-state index is 12.7. The lowest BCUT2D eigenvalue weighted by Crippen LogP contribution is -2.45. The van der Waals surface area contributed by atoms with Crippen molar-refractivity contribution in [2.75, 3.05) is 25.0 Å². The van der Waals surface area contributed by atoms with Crippen molar-refractivity contribution in [1.82, 2.24) is 10.2 Å². The van der Waals surface area contributed by atoms with Crippen LogP contribution in [0.25, 0.3) is 0 Å². The molecule has 5 nitrogen and oxygen atoms in total. The molecule has 5 heteroatoms. The Morgan fingerprint density at radius 3 is 2.09 bits per heavy atom. The fourth-order valence-corrected chi connectivity index (χ4v) is 4.86. The van der Waals surface area contributed by atoms with E-state index >= 15 is 0 Å². The van der Waals surface area contributed by atoms with Crippen molar-refractivity contribution in [2.45, 2.75) is 91.0 Å². The molecule has 0 radical (unpaired) electrons. The normalized spacial score (nSPS) is 15.7. The number of para-hydroxylation sites is 1. The van der Waals surface area contributed by atoms with Crippen LogP contribution in [-0.2, 0) is 23.7 Å². The number of nitrogens with zero attached hydrogens (tertiary/aromatic N) is 1. The molecular formula is C30H45N3O2. The van der Waals surface area contributed by atoms with Gasteiger partial charge in [0.1, 0.15) is 5.75 Å². The maximum Gasteiger partial charge on any atom is 0.319 e. The second-order valence-corrected chi connectivity index (χ2v) is 12.0. The average Bonchev–Trinajstić information content (AvgIpc) is 2.78. The van der Waals surface area contributed by atoms with Crippen LogP contribution in [0.4, 0.5) is 10.5 Å². The molecule has 2 amide bonds. The van der Waals surface area contributed by atoms with Gasteiger partial charge in [0.05, 0.1) is 0 Å². The summed E-state index contributed by atoms with van der Waals surface area (Å²) < 4.78 is 0. The van der Waals surface area contributed by atoms with Gasteiger partial charge >= 0.3 is 6.03 Å². The summed E-state index contributed by atoms with van der Waals surface area (Å²) in [5.41, 5.74) is 4.86. The SMILES string of the molecule is CCN1CCC(NC(=O)Nc2ccccc2CCc2cc(C(C)(C)C)c(O)c(C(C)(C)C)c2)CC1. The number of nitrogens with one attached hydrogen (secondary N) is 2. The third-order valence-electron chi connectivity index (χ3n) is 7.10. The molecule has 0 saturated carbocycles. The standard InChI is InChI=1S/C30H45N3O2/c1-8-33-17-15-23(16-18-33)31-28(35)32-26-12-10-9-11-22(26)14-13-21-19-24(29(2,3)4)27(34)25(20-21)30(5,6)7/h9-12,19-20,23,34H,8,13-18H2,1-7H3,(H2,31,32,35). The van der Waals surface area contributed by atoms with Crippen LogP contribution < -0.4 is 10.6 Å². The summed E-state index contributed by atoms with van der Waals surface area (Å²) in [5.74, 6) is 0.414. The van der Waals surface area contributed by atoms with E-state index in [1.807, 2.05) is 18.2 Å². The van der Waals surface area contributed by atoms with E-state index in [2.05, 4.69) is 82.2 Å². The van der Waals surface area contributed by atoms with Gasteiger partial charge in [0.2, 0.25) is 0 Å². The zero-order valence-electron chi connectivity index (χ0n) is 22.8. The van der Waals surface area contributed by atoms with Crippen LogP contribution >= 0.6 is 0 Å². The number of likely N-dealkylation sites (tertiary alicyclic amines) is 1. The topological polar surface area (TPSA) is 64.6 Å². The Morgan fingerprint density at radius 1 is 0.971 bits per heavy atom. The average molecular weight is 480 g/mol. The number of carbonyl (C=O) groups excluding carboxylic acids is 1. The molecule has 1 fully saturated rings. The van der Waals surface area contributed by atoms with E-state index in [1.54, 1.807) is 0 Å². The number of benzene rings is 2. The number of piperidine rings is 1. The quantitative estimate of drug-likeness (QED) is 0.450. The fraction of sp³-hybridized carbons (Fsp3) is 0.567. The molecule has 0 spiro atoms. The zero-order chi connectivity index (χ0) is 25.8. The highest BCUT2D eigenvalue weighted by Crippen LogP contribution is 2.40. The van der Waals surface area contributed by atoms with Gasteiger partial charge < -0.3 is 20.6 Å². The minimum Gasteiger partial charge on any atom is -0.507 e. The Hall–Kier alpha value is -2.53. The Labute approximate surface area is 212 Å². The Kier molecular flexibility index (Phi) is 8.53. The molecule has 0 aromatic heterocycles. The number of anilines is 1. The van der Waals surface area contributed by atoms with Gasteiger partial charge in [0.25, 0.3) is 0 Å². The first-order chi connectivity index (χ1) is 16.4. The van der Waals surface area contributed by atoms with Crippen LogP contribution in [0.3, 0.4) is 0 Å². The molecule has 3 rings (SSSR count). The van der Waals surface area contributed by atoms with Crippen molar-refractivity contribution >= 4 is 11.7 Å². The first-order valence-electron chi connectivity index (χ1n) is 13.1. The molecule has 1 heterocycles. The van der Waals surface area contributed by atoms with E-state index in [-0.39, 0.29) is 22.9 Å². The molecule has 0 bridgehead atoms. The predicted octanol–water partition coefficient (Wildman–Crippen LogP) is 6.38. The van der Waals surface area contributed by atoms with Gasteiger partial charge in [-0.05, 0) is 71.4 Å². The van der Waals surface area contributed by atoms with Crippen LogP contribution in [0.1, 0.15) is 83.6 Å². The van der Waals surface area contributed by atoms with Crippen LogP contribution in [0, 0.1) is 0 Å². The first kappa shape index (κ1) is 27.1. The van der Waals surface area contributed by atoms with E-state index in [1.165, 1.54) is 5.56 Å². The number of carbonyl (C=O) groups is 1. The highest BCUT2D eigenvalue weighted by molar-refractivity contribution is 5.90. The van der Waals surface area contributed by atoms with Gasteiger partial charge in [-0.3, -0.25) is 0 Å². The van der Waals surface area contributed by atoms with E-state index in [0.717, 1.165) is 67.7 Å². The molecule has 0 atom stereocenters. The number of hydrogen-bond acceptors (Lipinski definition) is 3. The van der Waals surface area contributed by atoms with E-state index in [0.29, 0.717) is 5.75 Å². The van der Waals surface area contributed by atoms with E-state index < -0.39 is 0 Å². The van der Waals surface area contributed by atoms with Crippen molar-refractivity contribution in [2.24, 2.45) is 0 Å². The van der Waals surface area contributed by atoms with Gasteiger partial charge in [-0.15, -0.1) is 0 Å². The van der Waals surface area contributed by atoms with Crippen LogP contribution in [-0.4, -0.2) is 41.7 Å². The summed E-state index contributed by atoms with van der Waals surface area (Å²) >= 11 is 0. The third kappa shape index (κ3) is 7.23. The smallest absolute Gasteiger partial charge is 0.319 e. The van der Waals surface area contributed by atoms with Gasteiger partial charge in [-0.25, -0.2) is 4.79 Å². The van der Waals surface area contributed by atoms with Crippen LogP contribution in [0.15, 0.2) is 36.4 Å². The largest absolute Gasteiger partial charge is 0.507 e. The number of phenols is 1. The first-order valence-corrected chi connectivity index (χ1v) is 13.1. The van der Waals surface area contributed by atoms with Crippen molar-refractivity contribution in [1.29, 1.82) is 0 Å². The molecule has 1 aliphatic rings. The van der Waals surface area contributed by atoms with Gasteiger partial charge in [-0.2, -0.15) is 0 Å². The number of urea groups is 1. The molecule has 35 heavy (non-hydrogen) atoms. The van der Waals surface area contributed by atoms with Crippen molar-refractivity contribution in [3.05, 3.63) is 58.7 Å². The number of phenolic OH excluding ortho intramolecular Hbond substituents is 1. The molecule has 1 saturated heterocycles. The fourth-order valence-electron chi connectivity index (χ4n) is 4.86. The van der Waals surface area contributed by atoms with Crippen LogP contribution in [0.2, 0.25) is 0 Å². The molecular weight excluding hydrogens is 434 g/mol. The zero-order valence-corrected chi connectivity index (χ0v) is 22.8. The van der Waals surface area contributed by atoms with Crippen molar-refractivity contribution in [3.63, 3.8) is 0 Å². The second kappa shape index (κ2) is 11.0. The van der Waals surface area contributed by atoms with E-state index in [9.17, 15) is 9.90 Å². The maximum atomic E-state index is 12.7. The molecule has 0 aliphatic carbocycles. The Balaban J connectivity index is 1.72. The Morgan fingerprint density at radius 2 is 1.54 bits per heavy atom. The van der Waals surface area contributed by atoms with E-state index in [4.69, 9.17) is 0 Å². The number of aromatic hydroxyl groups is 1.